The average molecular weight is 280 g/mol. The van der Waals surface area contributed by atoms with Crippen LogP contribution in [0.3, 0.4) is 0 Å². The number of rotatable bonds is 3. The van der Waals surface area contributed by atoms with Gasteiger partial charge in [-0.3, -0.25) is 4.79 Å². The van der Waals surface area contributed by atoms with Crippen molar-refractivity contribution in [1.29, 1.82) is 0 Å². The van der Waals surface area contributed by atoms with Gasteiger partial charge in [-0.15, -0.1) is 0 Å². The molecule has 0 radical (unpaired) electrons. The second-order valence-electron chi connectivity index (χ2n) is 5.93. The molecule has 1 aromatic rings. The van der Waals surface area contributed by atoms with Crippen LogP contribution in [0.5, 0.6) is 0 Å². The van der Waals surface area contributed by atoms with E-state index in [4.69, 9.17) is 0 Å². The van der Waals surface area contributed by atoms with Gasteiger partial charge >= 0.3 is 0 Å². The fourth-order valence-electron chi connectivity index (χ4n) is 3.26. The summed E-state index contributed by atoms with van der Waals surface area (Å²) in [5.41, 5.74) is 2.67. The van der Waals surface area contributed by atoms with Crippen LogP contribution in [0.2, 0.25) is 0 Å². The van der Waals surface area contributed by atoms with Crippen LogP contribution in [0.1, 0.15) is 48.1 Å². The maximum Gasteiger partial charge on any atom is 0.256 e. The van der Waals surface area contributed by atoms with Gasteiger partial charge in [-0.1, -0.05) is 0 Å². The fourth-order valence-corrected chi connectivity index (χ4v) is 3.26. The number of hydrogen-bond donors (Lipinski definition) is 2. The Hall–Kier alpha value is -1.33. The first-order valence-corrected chi connectivity index (χ1v) is 7.15. The minimum atomic E-state index is -0.537. The first-order chi connectivity index (χ1) is 9.36. The summed E-state index contributed by atoms with van der Waals surface area (Å²) in [4.78, 5) is 14.3. The molecule has 112 valence electrons. The number of likely N-dealkylation sites (tertiary alicyclic amines) is 1. The molecule has 1 aliphatic heterocycles. The summed E-state index contributed by atoms with van der Waals surface area (Å²) >= 11 is 0. The maximum atomic E-state index is 12.7. The van der Waals surface area contributed by atoms with E-state index in [1.165, 1.54) is 0 Å². The number of nitrogens with zero attached hydrogens (tertiary/aromatic N) is 2. The third-order valence-corrected chi connectivity index (χ3v) is 4.10. The second kappa shape index (κ2) is 5.58. The predicted octanol–water partition coefficient (Wildman–Crippen LogP) is 1.25. The lowest BCUT2D eigenvalue weighted by Crippen LogP contribution is -2.38. The second-order valence-corrected chi connectivity index (χ2v) is 5.93. The summed E-state index contributed by atoms with van der Waals surface area (Å²) in [5, 5.41) is 19.1. The van der Waals surface area contributed by atoms with E-state index in [9.17, 15) is 15.0 Å². The van der Waals surface area contributed by atoms with E-state index >= 15 is 0 Å². The predicted molar refractivity (Wildman–Crippen MR) is 76.8 cm³/mol. The van der Waals surface area contributed by atoms with Gasteiger partial charge < -0.3 is 19.7 Å². The van der Waals surface area contributed by atoms with Crippen LogP contribution >= 0.6 is 0 Å². The molecule has 2 atom stereocenters. The Morgan fingerprint density at radius 2 is 2.10 bits per heavy atom. The molecule has 1 saturated heterocycles. The van der Waals surface area contributed by atoms with Gasteiger partial charge in [0.15, 0.2) is 0 Å². The molecular weight excluding hydrogens is 256 g/mol. The summed E-state index contributed by atoms with van der Waals surface area (Å²) in [7, 11) is 0. The standard InChI is InChI=1S/C15H24N2O3/c1-9(2)17-10(3)5-14(11(17)4)15(20)16-7-13(19)6-12(16)8-18/h5,9,12-13,18-19H,6-8H2,1-4H3/t12-,13-/m0/s1. The van der Waals surface area contributed by atoms with Crippen molar-refractivity contribution >= 4 is 5.91 Å². The molecule has 0 bridgehead atoms. The van der Waals surface area contributed by atoms with Crippen LogP contribution in [0, 0.1) is 13.8 Å². The zero-order chi connectivity index (χ0) is 15.0. The quantitative estimate of drug-likeness (QED) is 0.876. The molecule has 1 aliphatic rings. The Balaban J connectivity index is 2.32. The minimum absolute atomic E-state index is 0.0967. The number of amides is 1. The number of aliphatic hydroxyl groups excluding tert-OH is 2. The first kappa shape index (κ1) is 15.1. The van der Waals surface area contributed by atoms with E-state index < -0.39 is 6.10 Å². The molecule has 0 saturated carbocycles. The van der Waals surface area contributed by atoms with Gasteiger partial charge in [0.25, 0.3) is 5.91 Å². The number of aryl methyl sites for hydroxylation is 1. The smallest absolute Gasteiger partial charge is 0.256 e. The van der Waals surface area contributed by atoms with Crippen LogP contribution in [-0.4, -0.2) is 50.9 Å². The normalized spacial score (nSPS) is 22.9. The zero-order valence-corrected chi connectivity index (χ0v) is 12.6. The van der Waals surface area contributed by atoms with Crippen molar-refractivity contribution in [3.8, 4) is 0 Å². The summed E-state index contributed by atoms with van der Waals surface area (Å²) in [6, 6.07) is 1.92. The molecule has 5 heteroatoms. The molecule has 1 aromatic heterocycles. The first-order valence-electron chi connectivity index (χ1n) is 7.15. The van der Waals surface area contributed by atoms with E-state index in [1.807, 2.05) is 19.9 Å². The summed E-state index contributed by atoms with van der Waals surface area (Å²) in [6.07, 6.45) is -0.0878. The molecular formula is C15H24N2O3. The highest BCUT2D eigenvalue weighted by atomic mass is 16.3. The van der Waals surface area contributed by atoms with E-state index in [-0.39, 0.29) is 18.6 Å². The molecule has 2 N–H and O–H groups in total. The molecule has 20 heavy (non-hydrogen) atoms. The van der Waals surface area contributed by atoms with E-state index in [1.54, 1.807) is 4.90 Å². The maximum absolute atomic E-state index is 12.7. The van der Waals surface area contributed by atoms with Crippen molar-refractivity contribution in [2.24, 2.45) is 0 Å². The Kier molecular flexibility index (Phi) is 4.20. The fraction of sp³-hybridized carbons (Fsp3) is 0.667. The summed E-state index contributed by atoms with van der Waals surface area (Å²) in [6.45, 7) is 8.31. The van der Waals surface area contributed by atoms with Crippen molar-refractivity contribution in [2.75, 3.05) is 13.2 Å². The summed E-state index contributed by atoms with van der Waals surface area (Å²) in [5.74, 6) is -0.0967. The number of hydrogen-bond acceptors (Lipinski definition) is 3. The van der Waals surface area contributed by atoms with Crippen molar-refractivity contribution < 1.29 is 15.0 Å². The van der Waals surface area contributed by atoms with Gasteiger partial charge in [0.05, 0.1) is 24.3 Å². The highest BCUT2D eigenvalue weighted by Gasteiger charge is 2.35. The van der Waals surface area contributed by atoms with E-state index in [0.29, 0.717) is 24.6 Å². The van der Waals surface area contributed by atoms with Crippen LogP contribution in [0.25, 0.3) is 0 Å². The van der Waals surface area contributed by atoms with Gasteiger partial charge in [-0.25, -0.2) is 0 Å². The SMILES string of the molecule is Cc1cc(C(=O)N2C[C@@H](O)C[C@H]2CO)c(C)n1C(C)C. The lowest BCUT2D eigenvalue weighted by atomic mass is 10.2. The van der Waals surface area contributed by atoms with E-state index in [0.717, 1.165) is 11.4 Å². The molecule has 2 heterocycles. The van der Waals surface area contributed by atoms with Gasteiger partial charge in [0.1, 0.15) is 0 Å². The van der Waals surface area contributed by atoms with Crippen molar-refractivity contribution in [3.05, 3.63) is 23.0 Å². The lowest BCUT2D eigenvalue weighted by Gasteiger charge is -2.23. The van der Waals surface area contributed by atoms with Crippen LogP contribution in [0.15, 0.2) is 6.07 Å². The highest BCUT2D eigenvalue weighted by molar-refractivity contribution is 5.96. The Morgan fingerprint density at radius 3 is 2.60 bits per heavy atom. The number of aromatic nitrogens is 1. The molecule has 1 amide bonds. The number of carbonyl (C=O) groups is 1. The Labute approximate surface area is 119 Å². The molecule has 5 nitrogen and oxygen atoms in total. The highest BCUT2D eigenvalue weighted by Crippen LogP contribution is 2.25. The van der Waals surface area contributed by atoms with Gasteiger partial charge in [0.2, 0.25) is 0 Å². The van der Waals surface area contributed by atoms with Gasteiger partial charge in [-0.05, 0) is 40.2 Å². The monoisotopic (exact) mass is 280 g/mol. The summed E-state index contributed by atoms with van der Waals surface area (Å²) < 4.78 is 2.13. The molecule has 2 rings (SSSR count). The Bertz CT molecular complexity index is 507. The van der Waals surface area contributed by atoms with Crippen molar-refractivity contribution in [3.63, 3.8) is 0 Å². The molecule has 0 spiro atoms. The molecule has 0 aliphatic carbocycles. The van der Waals surface area contributed by atoms with Crippen LogP contribution in [0.4, 0.5) is 0 Å². The van der Waals surface area contributed by atoms with Gasteiger partial charge in [0, 0.05) is 24.0 Å². The van der Waals surface area contributed by atoms with E-state index in [2.05, 4.69) is 18.4 Å². The van der Waals surface area contributed by atoms with Crippen LogP contribution in [-0.2, 0) is 0 Å². The topological polar surface area (TPSA) is 65.7 Å². The lowest BCUT2D eigenvalue weighted by molar-refractivity contribution is 0.0664. The van der Waals surface area contributed by atoms with Crippen LogP contribution < -0.4 is 0 Å². The number of β-amino-alcohol motifs (C(OH)–C–C–N with tert-alkyl or cyclic N) is 1. The number of carbonyl (C=O) groups excluding carboxylic acids is 1. The minimum Gasteiger partial charge on any atom is -0.394 e. The average Bonchev–Trinajstić information content (AvgIpc) is 2.88. The van der Waals surface area contributed by atoms with Crippen molar-refractivity contribution in [2.45, 2.75) is 52.3 Å². The largest absolute Gasteiger partial charge is 0.394 e. The third-order valence-electron chi connectivity index (χ3n) is 4.10. The molecule has 1 fully saturated rings. The van der Waals surface area contributed by atoms with Gasteiger partial charge in [-0.2, -0.15) is 0 Å². The number of aliphatic hydroxyl groups is 2. The molecule has 0 unspecified atom stereocenters. The zero-order valence-electron chi connectivity index (χ0n) is 12.6. The third kappa shape index (κ3) is 2.47. The molecule has 0 aromatic carbocycles. The van der Waals surface area contributed by atoms with Crippen molar-refractivity contribution in [1.82, 2.24) is 9.47 Å². The Morgan fingerprint density at radius 1 is 1.45 bits per heavy atom.